The summed E-state index contributed by atoms with van der Waals surface area (Å²) in [5, 5.41) is 2.08. The lowest BCUT2D eigenvalue weighted by Gasteiger charge is -2.14. The van der Waals surface area contributed by atoms with Crippen LogP contribution in [0.25, 0.3) is 5.69 Å². The highest BCUT2D eigenvalue weighted by Gasteiger charge is 2.32. The Morgan fingerprint density at radius 3 is 2.37 bits per heavy atom. The largest absolute Gasteiger partial charge is 0.384 e. The van der Waals surface area contributed by atoms with E-state index in [2.05, 4.69) is 10.0 Å². The van der Waals surface area contributed by atoms with E-state index in [1.54, 1.807) is 24.3 Å². The monoisotopic (exact) mass is 424 g/mol. The number of fused-ring (bicyclic) bond motifs is 1. The molecule has 1 aliphatic rings. The van der Waals surface area contributed by atoms with Crippen molar-refractivity contribution in [2.24, 2.45) is 0 Å². The molecule has 3 aromatic rings. The van der Waals surface area contributed by atoms with Crippen LogP contribution in [0.4, 0.5) is 11.5 Å². The van der Waals surface area contributed by atoms with Crippen molar-refractivity contribution >= 4 is 33.3 Å². The minimum atomic E-state index is -3.95. The predicted molar refractivity (Wildman–Crippen MR) is 110 cm³/mol. The number of amides is 2. The average Bonchev–Trinajstić information content (AvgIpc) is 2.97. The van der Waals surface area contributed by atoms with Crippen LogP contribution in [0, 0.1) is 6.92 Å². The van der Waals surface area contributed by atoms with Crippen LogP contribution in [0.15, 0.2) is 64.3 Å². The number of benzene rings is 2. The van der Waals surface area contributed by atoms with Crippen molar-refractivity contribution in [2.45, 2.75) is 11.8 Å². The molecule has 0 saturated carbocycles. The third-order valence-electron chi connectivity index (χ3n) is 4.64. The maximum absolute atomic E-state index is 12.8. The number of rotatable bonds is 4. The van der Waals surface area contributed by atoms with Gasteiger partial charge in [-0.15, -0.1) is 0 Å². The van der Waals surface area contributed by atoms with Gasteiger partial charge in [0.05, 0.1) is 21.7 Å². The van der Waals surface area contributed by atoms with E-state index in [0.717, 1.165) is 16.2 Å². The Kier molecular flexibility index (Phi) is 4.43. The zero-order valence-corrected chi connectivity index (χ0v) is 16.5. The molecule has 0 unspecified atom stereocenters. The molecule has 9 nitrogen and oxygen atoms in total. The van der Waals surface area contributed by atoms with Gasteiger partial charge >= 0.3 is 0 Å². The Bertz CT molecular complexity index is 1380. The summed E-state index contributed by atoms with van der Waals surface area (Å²) in [5.41, 5.74) is 6.61. The fraction of sp³-hybridized carbons (Fsp3) is 0.0500. The highest BCUT2D eigenvalue weighted by Crippen LogP contribution is 2.24. The molecule has 0 atom stereocenters. The first-order valence-corrected chi connectivity index (χ1v) is 10.3. The number of nitrogen functional groups attached to an aromatic ring is 1. The van der Waals surface area contributed by atoms with Gasteiger partial charge in [0.25, 0.3) is 27.4 Å². The van der Waals surface area contributed by atoms with Gasteiger partial charge in [0.15, 0.2) is 0 Å². The van der Waals surface area contributed by atoms with Crippen molar-refractivity contribution in [1.82, 2.24) is 9.88 Å². The van der Waals surface area contributed by atoms with E-state index in [9.17, 15) is 22.8 Å². The van der Waals surface area contributed by atoms with E-state index in [1.807, 2.05) is 6.92 Å². The lowest BCUT2D eigenvalue weighted by Crippen LogP contribution is -2.24. The quantitative estimate of drug-likeness (QED) is 0.541. The summed E-state index contributed by atoms with van der Waals surface area (Å²) in [4.78, 5) is 36.3. The Balaban J connectivity index is 1.79. The minimum absolute atomic E-state index is 0.104. The molecule has 0 bridgehead atoms. The Hall–Kier alpha value is -3.92. The summed E-state index contributed by atoms with van der Waals surface area (Å²) in [6.45, 7) is 1.88. The number of aromatic nitrogens is 1. The second kappa shape index (κ2) is 6.85. The van der Waals surface area contributed by atoms with Crippen molar-refractivity contribution in [2.75, 3.05) is 10.5 Å². The number of hydrogen-bond donors (Lipinski definition) is 3. The highest BCUT2D eigenvalue weighted by molar-refractivity contribution is 7.92. The van der Waals surface area contributed by atoms with Gasteiger partial charge in [0, 0.05) is 11.8 Å². The van der Waals surface area contributed by atoms with Gasteiger partial charge in [-0.3, -0.25) is 29.0 Å². The van der Waals surface area contributed by atoms with Gasteiger partial charge in [-0.2, -0.15) is 0 Å². The SMILES string of the molecule is Cc1ccc(NS(=O)(=O)c2cccc(-n3c(N)c4c(cc3=O)C(=O)NC4=O)c2)cc1. The summed E-state index contributed by atoms with van der Waals surface area (Å²) in [5.74, 6) is -1.67. The third kappa shape index (κ3) is 3.22. The lowest BCUT2D eigenvalue weighted by molar-refractivity contribution is 0.0880. The van der Waals surface area contributed by atoms with Crippen molar-refractivity contribution in [3.63, 3.8) is 0 Å². The number of aryl methyl sites for hydroxylation is 1. The molecule has 4 rings (SSSR count). The molecule has 0 fully saturated rings. The molecule has 1 aromatic heterocycles. The molecule has 0 radical (unpaired) electrons. The Labute approximate surface area is 171 Å². The van der Waals surface area contributed by atoms with E-state index < -0.39 is 27.4 Å². The van der Waals surface area contributed by atoms with Crippen LogP contribution in [0.3, 0.4) is 0 Å². The van der Waals surface area contributed by atoms with Crippen LogP contribution >= 0.6 is 0 Å². The van der Waals surface area contributed by atoms with Crippen LogP contribution in [-0.2, 0) is 10.0 Å². The van der Waals surface area contributed by atoms with Gasteiger partial charge in [-0.05, 0) is 37.3 Å². The maximum atomic E-state index is 12.8. The third-order valence-corrected chi connectivity index (χ3v) is 6.02. The number of nitrogens with two attached hydrogens (primary N) is 1. The second-order valence-electron chi connectivity index (χ2n) is 6.74. The molecule has 10 heteroatoms. The molecular weight excluding hydrogens is 408 g/mol. The number of imide groups is 1. The first-order chi connectivity index (χ1) is 14.2. The smallest absolute Gasteiger partial charge is 0.262 e. The molecule has 152 valence electrons. The minimum Gasteiger partial charge on any atom is -0.384 e. The number of nitrogens with one attached hydrogen (secondary N) is 2. The maximum Gasteiger partial charge on any atom is 0.262 e. The van der Waals surface area contributed by atoms with E-state index in [-0.39, 0.29) is 27.5 Å². The molecule has 2 heterocycles. The molecule has 0 spiro atoms. The summed E-state index contributed by atoms with van der Waals surface area (Å²) in [7, 11) is -3.95. The van der Waals surface area contributed by atoms with E-state index in [0.29, 0.717) is 5.69 Å². The molecular formula is C20H16N4O5S. The van der Waals surface area contributed by atoms with Gasteiger partial charge in [-0.1, -0.05) is 23.8 Å². The van der Waals surface area contributed by atoms with Gasteiger partial charge < -0.3 is 5.73 Å². The van der Waals surface area contributed by atoms with Crippen LogP contribution in [0.2, 0.25) is 0 Å². The highest BCUT2D eigenvalue weighted by atomic mass is 32.2. The molecule has 1 aliphatic heterocycles. The first kappa shape index (κ1) is 19.4. The van der Waals surface area contributed by atoms with E-state index in [1.165, 1.54) is 24.3 Å². The zero-order chi connectivity index (χ0) is 21.6. The summed E-state index contributed by atoms with van der Waals surface area (Å²) < 4.78 is 29.0. The van der Waals surface area contributed by atoms with Gasteiger partial charge in [0.2, 0.25) is 0 Å². The standard InChI is InChI=1S/C20H16N4O5S/c1-11-5-7-12(8-6-11)23-30(28,29)14-4-2-3-13(9-14)24-16(25)10-15-17(18(24)21)20(27)22-19(15)26/h2-10,23H,21H2,1H3,(H,22,26,27). The van der Waals surface area contributed by atoms with Crippen molar-refractivity contribution in [3.8, 4) is 5.69 Å². The predicted octanol–water partition coefficient (Wildman–Crippen LogP) is 1.41. The molecule has 2 amide bonds. The van der Waals surface area contributed by atoms with Crippen LogP contribution in [0.5, 0.6) is 0 Å². The van der Waals surface area contributed by atoms with Crippen molar-refractivity contribution < 1.29 is 18.0 Å². The fourth-order valence-corrected chi connectivity index (χ4v) is 4.27. The fourth-order valence-electron chi connectivity index (χ4n) is 3.17. The van der Waals surface area contributed by atoms with E-state index in [4.69, 9.17) is 5.73 Å². The van der Waals surface area contributed by atoms with Crippen LogP contribution in [0.1, 0.15) is 26.3 Å². The van der Waals surface area contributed by atoms with Gasteiger partial charge in [0.1, 0.15) is 5.82 Å². The molecule has 30 heavy (non-hydrogen) atoms. The van der Waals surface area contributed by atoms with E-state index >= 15 is 0 Å². The summed E-state index contributed by atoms with van der Waals surface area (Å²) >= 11 is 0. The molecule has 0 aliphatic carbocycles. The molecule has 4 N–H and O–H groups in total. The topological polar surface area (TPSA) is 140 Å². The van der Waals surface area contributed by atoms with Gasteiger partial charge in [-0.25, -0.2) is 8.42 Å². The normalized spacial score (nSPS) is 13.1. The number of carbonyl (C=O) groups is 2. The van der Waals surface area contributed by atoms with Crippen molar-refractivity contribution in [1.29, 1.82) is 0 Å². The number of nitrogens with zero attached hydrogens (tertiary/aromatic N) is 1. The number of hydrogen-bond acceptors (Lipinski definition) is 6. The average molecular weight is 424 g/mol. The number of anilines is 2. The number of carbonyl (C=O) groups excluding carboxylic acids is 2. The van der Waals surface area contributed by atoms with Crippen LogP contribution in [-0.4, -0.2) is 24.8 Å². The molecule has 0 saturated heterocycles. The summed E-state index contributed by atoms with van der Waals surface area (Å²) in [6, 6.07) is 13.4. The Morgan fingerprint density at radius 2 is 1.67 bits per heavy atom. The number of pyridine rings is 1. The zero-order valence-electron chi connectivity index (χ0n) is 15.7. The number of sulfonamides is 1. The second-order valence-corrected chi connectivity index (χ2v) is 8.43. The lowest BCUT2D eigenvalue weighted by atomic mass is 10.1. The van der Waals surface area contributed by atoms with Crippen LogP contribution < -0.4 is 21.3 Å². The van der Waals surface area contributed by atoms with Crippen molar-refractivity contribution in [3.05, 3.63) is 81.6 Å². The molecule has 2 aromatic carbocycles. The Morgan fingerprint density at radius 1 is 0.967 bits per heavy atom. The summed E-state index contributed by atoms with van der Waals surface area (Å²) in [6.07, 6.45) is 0. The first-order valence-electron chi connectivity index (χ1n) is 8.78.